The Kier molecular flexibility index (Phi) is 10.3. The first-order valence-electron chi connectivity index (χ1n) is 14.4. The van der Waals surface area contributed by atoms with E-state index in [4.69, 9.17) is 29.9 Å². The van der Waals surface area contributed by atoms with E-state index in [1.54, 1.807) is 9.08 Å². The third-order valence-electron chi connectivity index (χ3n) is 8.10. The van der Waals surface area contributed by atoms with E-state index in [0.717, 1.165) is 53.8 Å². The largest absolute Gasteiger partial charge is 0.542 e. The van der Waals surface area contributed by atoms with Crippen molar-refractivity contribution in [3.63, 3.8) is 0 Å². The van der Waals surface area contributed by atoms with Crippen LogP contribution in [0.1, 0.15) is 60.8 Å². The van der Waals surface area contributed by atoms with Gasteiger partial charge >= 0.3 is 14.0 Å². The van der Waals surface area contributed by atoms with Crippen LogP contribution in [0, 0.1) is 13.8 Å². The first kappa shape index (κ1) is 35.0. The van der Waals surface area contributed by atoms with Gasteiger partial charge in [0.1, 0.15) is 12.2 Å². The van der Waals surface area contributed by atoms with Crippen LogP contribution >= 0.6 is 7.82 Å². The van der Waals surface area contributed by atoms with Gasteiger partial charge in [0.15, 0.2) is 6.73 Å². The number of alkyl halides is 3. The molecule has 0 aliphatic carbocycles. The van der Waals surface area contributed by atoms with E-state index in [1.165, 1.54) is 22.8 Å². The molecule has 5 N–H and O–H groups in total. The van der Waals surface area contributed by atoms with Crippen LogP contribution in [0.25, 0.3) is 27.8 Å². The third kappa shape index (κ3) is 7.93. The second-order valence-electron chi connectivity index (χ2n) is 11.6. The number of halogens is 3. The number of likely N-dealkylation sites (tertiary alicyclic amines) is 1. The summed E-state index contributed by atoms with van der Waals surface area (Å²) in [6.45, 7) is 10.2. The molecule has 4 heterocycles. The summed E-state index contributed by atoms with van der Waals surface area (Å²) >= 11 is 0. The van der Waals surface area contributed by atoms with Gasteiger partial charge in [-0.15, -0.1) is 0 Å². The highest BCUT2D eigenvalue weighted by atomic mass is 31.2. The molecule has 5 rings (SSSR count). The summed E-state index contributed by atoms with van der Waals surface area (Å²) in [6, 6.07) is 6.69. The second-order valence-corrected chi connectivity index (χ2v) is 12.8. The van der Waals surface area contributed by atoms with Gasteiger partial charge in [0, 0.05) is 27.1 Å². The van der Waals surface area contributed by atoms with Crippen LogP contribution in [0.5, 0.6) is 0 Å². The summed E-state index contributed by atoms with van der Waals surface area (Å²) in [5.74, 6) is -2.59. The van der Waals surface area contributed by atoms with Gasteiger partial charge in [-0.05, 0) is 80.4 Å². The van der Waals surface area contributed by atoms with Crippen LogP contribution in [0.4, 0.5) is 13.2 Å². The molecule has 250 valence electrons. The monoisotopic (exact) mass is 668 g/mol. The van der Waals surface area contributed by atoms with Crippen LogP contribution in [-0.4, -0.2) is 67.0 Å². The molecule has 1 amide bonds. The quantitative estimate of drug-likeness (QED) is 0.162. The molecule has 1 aliphatic heterocycles. The number of nitrogens with two attached hydrogens (primary N) is 1. The average molecular weight is 669 g/mol. The first-order chi connectivity index (χ1) is 21.4. The number of carboxylic acid groups (broad SMARTS) is 1. The summed E-state index contributed by atoms with van der Waals surface area (Å²) in [4.78, 5) is 44.1. The van der Waals surface area contributed by atoms with E-state index in [-0.39, 0.29) is 18.6 Å². The number of carbonyl (C=O) groups excluding carboxylic acids is 2. The third-order valence-corrected chi connectivity index (χ3v) is 8.55. The van der Waals surface area contributed by atoms with Gasteiger partial charge in [-0.25, -0.2) is 9.13 Å². The Bertz CT molecular complexity index is 1810. The number of phosphoric ester groups is 1. The van der Waals surface area contributed by atoms with Crippen molar-refractivity contribution >= 4 is 36.2 Å². The van der Waals surface area contributed by atoms with Crippen molar-refractivity contribution in [1.82, 2.24) is 19.5 Å². The molecule has 1 saturated heterocycles. The lowest BCUT2D eigenvalue weighted by Crippen LogP contribution is -2.39. The SMILES string of the molecule is Cc1c(-c2[nH]c3ccc(C4CCN(CC(N)=O)CC4)cc3c2C(C)C)cn2nc[n+](COP(=O)(O)O)c2c1C.O=C([O-])C(F)(F)F. The summed E-state index contributed by atoms with van der Waals surface area (Å²) < 4.78 is 50.8. The number of nitrogens with zero attached hydrogens (tertiary/aromatic N) is 4. The van der Waals surface area contributed by atoms with Crippen LogP contribution in [-0.2, 0) is 25.4 Å². The maximum absolute atomic E-state index is 11.3. The summed E-state index contributed by atoms with van der Waals surface area (Å²) in [6.07, 6.45) is 0.258. The minimum atomic E-state index is -5.19. The van der Waals surface area contributed by atoms with Crippen LogP contribution in [0.3, 0.4) is 0 Å². The molecule has 1 aromatic carbocycles. The van der Waals surface area contributed by atoms with E-state index in [1.807, 2.05) is 20.0 Å². The fourth-order valence-corrected chi connectivity index (χ4v) is 6.13. The number of piperidine rings is 1. The minimum absolute atomic E-state index is 0.260. The van der Waals surface area contributed by atoms with E-state index in [0.29, 0.717) is 18.1 Å². The molecule has 1 aliphatic rings. The lowest BCUT2D eigenvalue weighted by atomic mass is 9.87. The van der Waals surface area contributed by atoms with E-state index in [9.17, 15) is 22.5 Å². The Morgan fingerprint density at radius 1 is 1.22 bits per heavy atom. The van der Waals surface area contributed by atoms with Gasteiger partial charge in [-0.2, -0.15) is 13.2 Å². The molecule has 4 aromatic rings. The Hall–Kier alpha value is -3.82. The lowest BCUT2D eigenvalue weighted by molar-refractivity contribution is -0.702. The highest BCUT2D eigenvalue weighted by Gasteiger charge is 2.29. The van der Waals surface area contributed by atoms with Crippen molar-refractivity contribution in [3.8, 4) is 11.3 Å². The maximum Gasteiger partial charge on any atom is 0.472 e. The Morgan fingerprint density at radius 2 is 1.85 bits per heavy atom. The fraction of sp³-hybridized carbons (Fsp3) is 0.448. The van der Waals surface area contributed by atoms with Gasteiger partial charge in [0.05, 0.1) is 12.2 Å². The zero-order valence-corrected chi connectivity index (χ0v) is 26.6. The zero-order valence-electron chi connectivity index (χ0n) is 25.7. The number of aromatic amines is 1. The number of fused-ring (bicyclic) bond motifs is 2. The highest BCUT2D eigenvalue weighted by Crippen LogP contribution is 2.40. The molecule has 13 nitrogen and oxygen atoms in total. The maximum atomic E-state index is 11.3. The average Bonchev–Trinajstić information content (AvgIpc) is 3.54. The Labute approximate surface area is 262 Å². The number of pyridine rings is 1. The number of H-pyrrole nitrogens is 1. The van der Waals surface area contributed by atoms with E-state index >= 15 is 0 Å². The standard InChI is InChI=1S/C27H35N6O5P.C2HF3O2/c1-16(2)25-21-11-20(19-7-9-31(10-8-19)13-24(28)34)5-6-23(21)30-26(25)22-12-33-27(18(4)17(22)3)32(14-29-33)15-38-39(35,36)37;3-2(4,5)1(6)7/h5-6,11-12,14,16,19,30H,7-10,13,15H2,1-4H3,(H3-,28,34,35,36,37);(H,6,7). The number of benzene rings is 1. The summed E-state index contributed by atoms with van der Waals surface area (Å²) in [7, 11) is -4.61. The van der Waals surface area contributed by atoms with Crippen LogP contribution in [0.15, 0.2) is 30.7 Å². The van der Waals surface area contributed by atoms with Crippen molar-refractivity contribution in [3.05, 3.63) is 53.0 Å². The van der Waals surface area contributed by atoms with Crippen molar-refractivity contribution in [1.29, 1.82) is 0 Å². The molecule has 17 heteroatoms. The van der Waals surface area contributed by atoms with Gasteiger partial charge < -0.3 is 30.4 Å². The molecule has 0 radical (unpaired) electrons. The second kappa shape index (κ2) is 13.5. The number of rotatable bonds is 8. The van der Waals surface area contributed by atoms with Gasteiger partial charge in [-0.3, -0.25) is 14.2 Å². The van der Waals surface area contributed by atoms with Gasteiger partial charge in [0.2, 0.25) is 5.91 Å². The highest BCUT2D eigenvalue weighted by molar-refractivity contribution is 7.46. The Morgan fingerprint density at radius 3 is 2.39 bits per heavy atom. The smallest absolute Gasteiger partial charge is 0.472 e. The van der Waals surface area contributed by atoms with E-state index < -0.39 is 20.0 Å². The molecular weight excluding hydrogens is 632 g/mol. The molecule has 0 spiro atoms. The van der Waals surface area contributed by atoms with Crippen molar-refractivity contribution in [2.45, 2.75) is 65.3 Å². The molecule has 1 fully saturated rings. The molecule has 0 saturated carbocycles. The zero-order chi connectivity index (χ0) is 34.1. The molecule has 46 heavy (non-hydrogen) atoms. The summed E-state index contributed by atoms with van der Waals surface area (Å²) in [5.41, 5.74) is 13.8. The fourth-order valence-electron chi connectivity index (χ4n) is 5.85. The number of primary amides is 1. The van der Waals surface area contributed by atoms with Crippen molar-refractivity contribution in [2.24, 2.45) is 5.73 Å². The molecule has 0 atom stereocenters. The lowest BCUT2D eigenvalue weighted by Gasteiger charge is -2.31. The van der Waals surface area contributed by atoms with Crippen LogP contribution in [0.2, 0.25) is 0 Å². The van der Waals surface area contributed by atoms with E-state index in [2.05, 4.69) is 47.0 Å². The number of aromatic nitrogens is 4. The Balaban J connectivity index is 0.000000617. The van der Waals surface area contributed by atoms with Gasteiger partial charge in [0.25, 0.3) is 12.0 Å². The number of hydrogen-bond acceptors (Lipinski definition) is 7. The van der Waals surface area contributed by atoms with Gasteiger partial charge in [-0.1, -0.05) is 24.4 Å². The predicted octanol–water partition coefficient (Wildman–Crippen LogP) is 2.54. The molecule has 3 aromatic heterocycles. The molecule has 0 bridgehead atoms. The molecular formula is C29H36F3N6O7P. The summed E-state index contributed by atoms with van der Waals surface area (Å²) in [5, 5.41) is 14.4. The number of nitrogens with one attached hydrogen (secondary N) is 1. The van der Waals surface area contributed by atoms with Crippen LogP contribution < -0.4 is 15.4 Å². The number of carboxylic acids is 1. The number of amides is 1. The van der Waals surface area contributed by atoms with Crippen molar-refractivity contribution < 1.29 is 51.3 Å². The van der Waals surface area contributed by atoms with Crippen molar-refractivity contribution in [2.75, 3.05) is 19.6 Å². The molecule has 0 unspecified atom stereocenters. The predicted molar refractivity (Wildman–Crippen MR) is 158 cm³/mol. The number of aliphatic carboxylic acids is 1. The normalized spacial score (nSPS) is 15.0. The number of carbonyl (C=O) groups is 2. The number of hydrogen-bond donors (Lipinski definition) is 4. The minimum Gasteiger partial charge on any atom is -0.542 e. The topological polar surface area (TPSA) is 190 Å². The first-order valence-corrected chi connectivity index (χ1v) is 15.9. The number of phosphoric acid groups is 1. The number of aryl methyl sites for hydroxylation is 1.